The third-order valence-electron chi connectivity index (χ3n) is 3.46. The third kappa shape index (κ3) is 5.74. The highest BCUT2D eigenvalue weighted by Gasteiger charge is 2.28. The Balaban J connectivity index is 0.00000288. The molecule has 10 heteroatoms. The van der Waals surface area contributed by atoms with E-state index in [-0.39, 0.29) is 29.7 Å². The summed E-state index contributed by atoms with van der Waals surface area (Å²) in [6.45, 7) is 9.02. The van der Waals surface area contributed by atoms with E-state index in [0.717, 1.165) is 12.5 Å². The van der Waals surface area contributed by atoms with E-state index in [9.17, 15) is 8.42 Å². The van der Waals surface area contributed by atoms with E-state index < -0.39 is 10.0 Å². The van der Waals surface area contributed by atoms with Crippen LogP contribution in [-0.4, -0.2) is 68.0 Å². The van der Waals surface area contributed by atoms with Crippen molar-refractivity contribution in [3.8, 4) is 0 Å². The minimum Gasteiger partial charge on any atom is -0.364 e. The molecule has 0 radical (unpaired) electrons. The fourth-order valence-electron chi connectivity index (χ4n) is 2.35. The van der Waals surface area contributed by atoms with Gasteiger partial charge in [-0.1, -0.05) is 11.2 Å². The lowest BCUT2D eigenvalue weighted by Gasteiger charge is -2.35. The second-order valence-electron chi connectivity index (χ2n) is 5.12. The van der Waals surface area contributed by atoms with Crippen molar-refractivity contribution < 1.29 is 12.9 Å². The van der Waals surface area contributed by atoms with Gasteiger partial charge in [0.05, 0.1) is 12.2 Å². The van der Waals surface area contributed by atoms with E-state index in [4.69, 9.17) is 0 Å². The summed E-state index contributed by atoms with van der Waals surface area (Å²) in [4.78, 5) is 6.49. The lowest BCUT2D eigenvalue weighted by molar-refractivity contribution is 0.260. The zero-order valence-electron chi connectivity index (χ0n) is 13.7. The average molecular weight is 469 g/mol. The van der Waals surface area contributed by atoms with Crippen LogP contribution in [0.3, 0.4) is 0 Å². The number of sulfonamides is 1. The minimum atomic E-state index is -3.38. The molecule has 0 spiro atoms. The number of aromatic nitrogens is 1. The van der Waals surface area contributed by atoms with Crippen molar-refractivity contribution in [1.29, 1.82) is 0 Å². The molecule has 0 atom stereocenters. The smallest absolute Gasteiger partial charge is 0.220 e. The highest BCUT2D eigenvalue weighted by molar-refractivity contribution is 14.0. The molecular weight excluding hydrogens is 445 g/mol. The van der Waals surface area contributed by atoms with Gasteiger partial charge in [-0.25, -0.2) is 13.4 Å². The molecule has 1 saturated heterocycles. The summed E-state index contributed by atoms with van der Waals surface area (Å²) >= 11 is 0. The van der Waals surface area contributed by atoms with Crippen molar-refractivity contribution >= 4 is 40.0 Å². The van der Waals surface area contributed by atoms with Crippen LogP contribution < -0.4 is 5.32 Å². The molecule has 0 saturated carbocycles. The number of halogens is 1. The van der Waals surface area contributed by atoms with Gasteiger partial charge in [0.1, 0.15) is 12.0 Å². The molecule has 0 bridgehead atoms. The first-order valence-electron chi connectivity index (χ1n) is 7.58. The summed E-state index contributed by atoms with van der Waals surface area (Å²) in [6.07, 6.45) is 3.11. The number of rotatable bonds is 6. The van der Waals surface area contributed by atoms with Gasteiger partial charge in [0.15, 0.2) is 5.96 Å². The highest BCUT2D eigenvalue weighted by Crippen LogP contribution is 2.12. The molecule has 0 amide bonds. The molecule has 0 aliphatic carbocycles. The largest absolute Gasteiger partial charge is 0.364 e. The van der Waals surface area contributed by atoms with E-state index in [0.29, 0.717) is 38.4 Å². The van der Waals surface area contributed by atoms with Gasteiger partial charge in [-0.05, 0) is 6.92 Å². The van der Waals surface area contributed by atoms with Crippen LogP contribution >= 0.6 is 24.0 Å². The first-order chi connectivity index (χ1) is 11.1. The summed E-state index contributed by atoms with van der Waals surface area (Å²) in [5.41, 5.74) is 0.424. The van der Waals surface area contributed by atoms with Gasteiger partial charge >= 0.3 is 0 Å². The molecule has 1 aliphatic rings. The molecule has 1 aromatic heterocycles. The van der Waals surface area contributed by atoms with Crippen molar-refractivity contribution in [3.05, 3.63) is 30.7 Å². The average Bonchev–Trinajstić information content (AvgIpc) is 3.04. The quantitative estimate of drug-likeness (QED) is 0.288. The van der Waals surface area contributed by atoms with Crippen molar-refractivity contribution in [2.45, 2.75) is 12.7 Å². The number of piperazine rings is 1. The molecule has 0 unspecified atom stereocenters. The summed E-state index contributed by atoms with van der Waals surface area (Å²) in [6, 6.07) is 1.57. The Hall–Kier alpha value is -1.14. The number of nitrogens with zero attached hydrogens (tertiary/aromatic N) is 4. The zero-order valence-corrected chi connectivity index (χ0v) is 16.9. The van der Waals surface area contributed by atoms with Crippen LogP contribution in [0.15, 0.2) is 34.5 Å². The second kappa shape index (κ2) is 9.99. The van der Waals surface area contributed by atoms with Crippen molar-refractivity contribution in [2.75, 3.05) is 39.3 Å². The van der Waals surface area contributed by atoms with Crippen LogP contribution in [0.25, 0.3) is 0 Å². The molecule has 24 heavy (non-hydrogen) atoms. The standard InChI is InChI=1S/C14H23N5O3S.HI/c1-3-6-16-14(15-4-2)18-7-9-19(10-8-18)23(20,21)12-13-5-11-22-17-13;/h3,5,11H,1,4,6-10,12H2,2H3,(H,15,16);1H. The number of nitrogens with one attached hydrogen (secondary N) is 1. The summed E-state index contributed by atoms with van der Waals surface area (Å²) < 4.78 is 31.0. The minimum absolute atomic E-state index is 0. The predicted molar refractivity (Wildman–Crippen MR) is 104 cm³/mol. The molecule has 1 N–H and O–H groups in total. The van der Waals surface area contributed by atoms with Crippen LogP contribution in [0.1, 0.15) is 12.6 Å². The first-order valence-corrected chi connectivity index (χ1v) is 9.19. The normalized spacial score (nSPS) is 16.5. The van der Waals surface area contributed by atoms with Gasteiger partial charge in [-0.15, -0.1) is 30.6 Å². The Morgan fingerprint density at radius 3 is 2.71 bits per heavy atom. The van der Waals surface area contributed by atoms with Gasteiger partial charge in [-0.3, -0.25) is 0 Å². The Morgan fingerprint density at radius 2 is 2.17 bits per heavy atom. The number of hydrogen-bond acceptors (Lipinski definition) is 5. The lowest BCUT2D eigenvalue weighted by atomic mass is 10.4. The van der Waals surface area contributed by atoms with E-state index in [1.165, 1.54) is 10.6 Å². The van der Waals surface area contributed by atoms with Gasteiger partial charge < -0.3 is 14.7 Å². The number of hydrogen-bond donors (Lipinski definition) is 1. The second-order valence-corrected chi connectivity index (χ2v) is 7.09. The van der Waals surface area contributed by atoms with Gasteiger partial charge in [0, 0.05) is 38.8 Å². The maximum Gasteiger partial charge on any atom is 0.220 e. The summed E-state index contributed by atoms with van der Waals surface area (Å²) in [5, 5.41) is 6.88. The zero-order chi connectivity index (χ0) is 16.7. The van der Waals surface area contributed by atoms with Crippen molar-refractivity contribution in [1.82, 2.24) is 19.7 Å². The Bertz CT molecular complexity index is 625. The molecule has 1 aromatic rings. The number of guanidine groups is 1. The van der Waals surface area contributed by atoms with Gasteiger partial charge in [-0.2, -0.15) is 4.31 Å². The molecule has 1 aliphatic heterocycles. The predicted octanol–water partition coefficient (Wildman–Crippen LogP) is 0.892. The lowest BCUT2D eigenvalue weighted by Crippen LogP contribution is -2.53. The van der Waals surface area contributed by atoms with Gasteiger partial charge in [0.25, 0.3) is 0 Å². The topological polar surface area (TPSA) is 91.0 Å². The highest BCUT2D eigenvalue weighted by atomic mass is 127. The molecule has 8 nitrogen and oxygen atoms in total. The Morgan fingerprint density at radius 1 is 1.46 bits per heavy atom. The van der Waals surface area contributed by atoms with E-state index in [1.54, 1.807) is 12.1 Å². The van der Waals surface area contributed by atoms with Crippen molar-refractivity contribution in [2.24, 2.45) is 4.99 Å². The molecule has 2 rings (SSSR count). The van der Waals surface area contributed by atoms with Crippen LogP contribution in [0, 0.1) is 0 Å². The fourth-order valence-corrected chi connectivity index (χ4v) is 3.77. The SMILES string of the molecule is C=CCN=C(NCC)N1CCN(S(=O)(=O)Cc2ccon2)CC1.I. The molecule has 136 valence electrons. The van der Waals surface area contributed by atoms with E-state index in [1.807, 2.05) is 6.92 Å². The van der Waals surface area contributed by atoms with Crippen LogP contribution in [0.4, 0.5) is 0 Å². The summed E-state index contributed by atoms with van der Waals surface area (Å²) in [7, 11) is -3.38. The summed E-state index contributed by atoms with van der Waals surface area (Å²) in [5.74, 6) is 0.662. The molecule has 1 fully saturated rings. The number of aliphatic imine (C=N–C) groups is 1. The van der Waals surface area contributed by atoms with E-state index in [2.05, 4.69) is 31.5 Å². The van der Waals surface area contributed by atoms with E-state index >= 15 is 0 Å². The van der Waals surface area contributed by atoms with Gasteiger partial charge in [0.2, 0.25) is 10.0 Å². The van der Waals surface area contributed by atoms with Crippen LogP contribution in [0.5, 0.6) is 0 Å². The van der Waals surface area contributed by atoms with Crippen LogP contribution in [0.2, 0.25) is 0 Å². The fraction of sp³-hybridized carbons (Fsp3) is 0.571. The molecular formula is C14H24IN5O3S. The molecule has 0 aromatic carbocycles. The van der Waals surface area contributed by atoms with Crippen molar-refractivity contribution in [3.63, 3.8) is 0 Å². The monoisotopic (exact) mass is 469 g/mol. The maximum atomic E-state index is 12.4. The Kier molecular flexibility index (Phi) is 8.70. The maximum absolute atomic E-state index is 12.4. The van der Waals surface area contributed by atoms with Crippen LogP contribution in [-0.2, 0) is 15.8 Å². The molecule has 2 heterocycles. The third-order valence-corrected chi connectivity index (χ3v) is 5.27. The first kappa shape index (κ1) is 20.9. The Labute approximate surface area is 160 Å².